The lowest BCUT2D eigenvalue weighted by Gasteiger charge is -2.23. The molecule has 3 aromatic heterocycles. The van der Waals surface area contributed by atoms with E-state index in [9.17, 15) is 28.8 Å². The molecule has 18 nitrogen and oxygen atoms in total. The van der Waals surface area contributed by atoms with Crippen LogP contribution < -0.4 is 31.9 Å². The zero-order valence-corrected chi connectivity index (χ0v) is 40.4. The summed E-state index contributed by atoms with van der Waals surface area (Å²) in [6.45, 7) is 15.6. The number of carbonyl (C=O) groups is 6. The molecule has 1 aliphatic heterocycles. The second-order valence-corrected chi connectivity index (χ2v) is 18.3. The van der Waals surface area contributed by atoms with Gasteiger partial charge in [-0.3, -0.25) is 28.8 Å². The van der Waals surface area contributed by atoms with Gasteiger partial charge in [0.1, 0.15) is 54.2 Å². The molecular weight excluding hydrogens is 877 g/mol. The highest BCUT2D eigenvalue weighted by Gasteiger charge is 2.36. The van der Waals surface area contributed by atoms with Gasteiger partial charge in [0.25, 0.3) is 17.7 Å². The maximum atomic E-state index is 14.7. The van der Waals surface area contributed by atoms with Crippen molar-refractivity contribution in [2.75, 3.05) is 16.0 Å². The second kappa shape index (κ2) is 21.0. The summed E-state index contributed by atoms with van der Waals surface area (Å²) in [6.07, 6.45) is 0. The van der Waals surface area contributed by atoms with E-state index in [2.05, 4.69) is 31.9 Å². The number of nitrogens with zero attached hydrogens (tertiary/aromatic N) is 6. The highest BCUT2D eigenvalue weighted by atomic mass is 16.2. The number of anilines is 3. The minimum atomic E-state index is -0.871. The zero-order chi connectivity index (χ0) is 49.7. The molecule has 0 spiro atoms. The van der Waals surface area contributed by atoms with E-state index in [0.717, 1.165) is 0 Å². The van der Waals surface area contributed by atoms with Gasteiger partial charge in [-0.25, -0.2) is 15.0 Å². The number of fused-ring (bicyclic) bond motifs is 6. The fourth-order valence-corrected chi connectivity index (χ4v) is 8.44. The lowest BCUT2D eigenvalue weighted by molar-refractivity contribution is -0.117. The molecular formula is C51H60N12O6. The first-order valence-electron chi connectivity index (χ1n) is 23.1. The van der Waals surface area contributed by atoms with Crippen molar-refractivity contribution < 1.29 is 28.8 Å². The van der Waals surface area contributed by atoms with Crippen LogP contribution in [-0.2, 0) is 34.0 Å². The molecule has 4 heterocycles. The summed E-state index contributed by atoms with van der Waals surface area (Å²) in [4.78, 5) is 100. The Hall–Kier alpha value is -7.89. The van der Waals surface area contributed by atoms with Crippen LogP contribution in [0, 0.1) is 38.5 Å². The molecule has 0 fully saturated rings. The lowest BCUT2D eigenvalue weighted by Crippen LogP contribution is -2.36. The Morgan fingerprint density at radius 1 is 0.449 bits per heavy atom. The molecule has 0 aliphatic carbocycles. The Labute approximate surface area is 401 Å². The molecule has 6 amide bonds. The van der Waals surface area contributed by atoms with Gasteiger partial charge in [-0.15, -0.1) is 0 Å². The monoisotopic (exact) mass is 936 g/mol. The number of hydrogen-bond acceptors (Lipinski definition) is 9. The van der Waals surface area contributed by atoms with Crippen molar-refractivity contribution in [3.05, 3.63) is 143 Å². The first-order chi connectivity index (χ1) is 32.9. The fraction of sp³-hybridized carbons (Fsp3) is 0.353. The predicted molar refractivity (Wildman–Crippen MR) is 261 cm³/mol. The number of hydrogen-bond donors (Lipinski definition) is 6. The van der Waals surface area contributed by atoms with Crippen molar-refractivity contribution in [2.45, 2.75) is 100 Å². The number of rotatable bonds is 12. The molecule has 0 saturated heterocycles. The van der Waals surface area contributed by atoms with Gasteiger partial charge in [-0.2, -0.15) is 0 Å². The van der Waals surface area contributed by atoms with Gasteiger partial charge in [-0.05, 0) is 74.9 Å². The molecule has 360 valence electrons. The molecule has 0 saturated carbocycles. The number of aromatic nitrogens is 6. The van der Waals surface area contributed by atoms with Crippen molar-refractivity contribution in [1.82, 2.24) is 44.6 Å². The maximum Gasteiger partial charge on any atom is 0.272 e. The minimum Gasteiger partial charge on any atom is -0.340 e. The van der Waals surface area contributed by atoms with Crippen LogP contribution in [0.25, 0.3) is 0 Å². The van der Waals surface area contributed by atoms with E-state index in [1.54, 1.807) is 107 Å². The summed E-state index contributed by atoms with van der Waals surface area (Å²) < 4.78 is 4.86. The summed E-state index contributed by atoms with van der Waals surface area (Å²) >= 11 is 0. The summed E-state index contributed by atoms with van der Waals surface area (Å²) in [5.74, 6) is -3.29. The zero-order valence-electron chi connectivity index (χ0n) is 40.4. The molecule has 1 aliphatic rings. The van der Waals surface area contributed by atoms with E-state index in [4.69, 9.17) is 15.0 Å². The summed E-state index contributed by atoms with van der Waals surface area (Å²) in [6, 6.07) is 24.2. The van der Waals surface area contributed by atoms with Crippen molar-refractivity contribution in [3.63, 3.8) is 0 Å². The van der Waals surface area contributed by atoms with E-state index in [-0.39, 0.29) is 71.9 Å². The summed E-state index contributed by atoms with van der Waals surface area (Å²) in [5, 5.41) is 18.1. The maximum absolute atomic E-state index is 14.7. The third-order valence-corrected chi connectivity index (χ3v) is 12.2. The quantitative estimate of drug-likeness (QED) is 0.0756. The molecule has 0 radical (unpaired) electrons. The van der Waals surface area contributed by atoms with Gasteiger partial charge >= 0.3 is 0 Å². The van der Waals surface area contributed by atoms with Crippen molar-refractivity contribution >= 4 is 52.5 Å². The average Bonchev–Trinajstić information content (AvgIpc) is 3.92. The van der Waals surface area contributed by atoms with Crippen molar-refractivity contribution in [1.29, 1.82) is 0 Å². The van der Waals surface area contributed by atoms with Crippen LogP contribution in [0.4, 0.5) is 17.1 Å². The first-order valence-corrected chi connectivity index (χ1v) is 23.1. The molecule has 18 heteroatoms. The van der Waals surface area contributed by atoms with Gasteiger partial charge in [0.15, 0.2) is 0 Å². The smallest absolute Gasteiger partial charge is 0.272 e. The third kappa shape index (κ3) is 11.0. The highest BCUT2D eigenvalue weighted by Crippen LogP contribution is 2.31. The Morgan fingerprint density at radius 2 is 0.681 bits per heavy atom. The molecule has 6 aromatic rings. The van der Waals surface area contributed by atoms with Crippen LogP contribution in [0.3, 0.4) is 0 Å². The van der Waals surface area contributed by atoms with Gasteiger partial charge < -0.3 is 45.6 Å². The van der Waals surface area contributed by atoms with Crippen LogP contribution in [0.1, 0.15) is 126 Å². The topological polar surface area (TPSA) is 228 Å². The Morgan fingerprint density at radius 3 is 0.899 bits per heavy atom. The van der Waals surface area contributed by atoms with E-state index in [1.165, 1.54) is 0 Å². The largest absolute Gasteiger partial charge is 0.340 e. The summed E-state index contributed by atoms with van der Waals surface area (Å²) in [5.41, 5.74) is 2.72. The predicted octanol–water partition coefficient (Wildman–Crippen LogP) is 6.81. The molecule has 7 rings (SSSR count). The number of para-hydroxylation sites is 3. The molecule has 0 unspecified atom stereocenters. The fourth-order valence-electron chi connectivity index (χ4n) is 8.44. The highest BCUT2D eigenvalue weighted by molar-refractivity contribution is 5.97. The first kappa shape index (κ1) is 49.0. The third-order valence-electron chi connectivity index (χ3n) is 12.2. The van der Waals surface area contributed by atoms with Crippen LogP contribution in [-0.4, -0.2) is 64.1 Å². The molecule has 3 aromatic carbocycles. The molecule has 3 atom stereocenters. The molecule has 69 heavy (non-hydrogen) atoms. The van der Waals surface area contributed by atoms with Crippen molar-refractivity contribution in [2.24, 2.45) is 17.8 Å². The molecule has 6 N–H and O–H groups in total. The number of amides is 6. The average molecular weight is 937 g/mol. The van der Waals surface area contributed by atoms with Crippen LogP contribution >= 0.6 is 0 Å². The van der Waals surface area contributed by atoms with E-state index < -0.39 is 53.6 Å². The van der Waals surface area contributed by atoms with Gasteiger partial charge in [0, 0.05) is 34.1 Å². The van der Waals surface area contributed by atoms with Crippen LogP contribution in [0.5, 0.6) is 0 Å². The Kier molecular flexibility index (Phi) is 14.9. The summed E-state index contributed by atoms with van der Waals surface area (Å²) in [7, 11) is 0. The Balaban J connectivity index is 1.40. The van der Waals surface area contributed by atoms with E-state index in [0.29, 0.717) is 34.1 Å². The number of imidazole rings is 3. The molecule has 6 bridgehead atoms. The van der Waals surface area contributed by atoms with Crippen molar-refractivity contribution in [3.8, 4) is 0 Å². The van der Waals surface area contributed by atoms with E-state index in [1.807, 2.05) is 59.7 Å². The second-order valence-electron chi connectivity index (χ2n) is 18.3. The van der Waals surface area contributed by atoms with Crippen LogP contribution in [0.2, 0.25) is 0 Å². The standard InChI is InChI=1S/C51H60N12O6/c1-28(2)40-46-55-44(31(7)61(46)25-37(64)52-34-19-13-10-14-20-34)50(68)59-42(30(5)6)48-57-45(33(9)63(48)27-39(66)54-36-23-17-12-18-24-36)51(69)60-41(29(3)4)47-56-43(49(67)58-40)32(8)62(47)26-38(65)53-35-21-15-11-16-22-35/h10-24,28-30,40-42H,25-27H2,1-9H3,(H,52,64)(H,53,65)(H,54,66)(H,58,67)(H,59,68)(H,60,69)/t40-,41-,42-/m0/s1. The normalized spacial score (nSPS) is 16.3. The number of carbonyl (C=O) groups excluding carboxylic acids is 6. The Bertz CT molecular complexity index is 2560. The SMILES string of the molecule is Cc1c2nc(n1CC(=O)Nc1ccccc1)[C@H](C(C)C)NC(=O)c1nc(n(CC(=O)Nc3ccccc3)c1C)[C@H](C(C)C)NC(=O)c1nc(n(CC(=O)Nc3ccccc3)c1C)[C@H](C(C)C)NC2=O. The van der Waals surface area contributed by atoms with E-state index >= 15 is 0 Å². The van der Waals surface area contributed by atoms with Gasteiger partial charge in [-0.1, -0.05) is 96.1 Å². The minimum absolute atomic E-state index is 0.00857. The number of nitrogens with one attached hydrogen (secondary N) is 6. The van der Waals surface area contributed by atoms with Gasteiger partial charge in [0.2, 0.25) is 17.7 Å². The lowest BCUT2D eigenvalue weighted by atomic mass is 10.0. The van der Waals surface area contributed by atoms with Gasteiger partial charge in [0.05, 0.1) is 18.1 Å². The number of benzene rings is 3. The van der Waals surface area contributed by atoms with Crippen LogP contribution in [0.15, 0.2) is 91.0 Å².